The van der Waals surface area contributed by atoms with Crippen LogP contribution in [0, 0.1) is 28.6 Å². The maximum atomic E-state index is 12.7. The summed E-state index contributed by atoms with van der Waals surface area (Å²) < 4.78 is 9.63. The van der Waals surface area contributed by atoms with Crippen molar-refractivity contribution in [2.24, 2.45) is 28.6 Å². The molecule has 12 heteroatoms. The number of phenols is 2. The third-order valence-electron chi connectivity index (χ3n) is 14.9. The van der Waals surface area contributed by atoms with Crippen molar-refractivity contribution in [2.75, 3.05) is 19.8 Å². The highest BCUT2D eigenvalue weighted by Crippen LogP contribution is 2.66. The second kappa shape index (κ2) is 15.4. The molecule has 4 aliphatic carbocycles. The molecule has 60 heavy (non-hydrogen) atoms. The Morgan fingerprint density at radius 1 is 0.950 bits per heavy atom. The molecule has 0 aliphatic heterocycles. The van der Waals surface area contributed by atoms with E-state index in [1.54, 1.807) is 11.0 Å². The van der Waals surface area contributed by atoms with Gasteiger partial charge in [-0.05, 0) is 133 Å². The molecule has 12 nitrogen and oxygen atoms in total. The van der Waals surface area contributed by atoms with Crippen molar-refractivity contribution in [3.05, 3.63) is 96.0 Å². The molecule has 2 saturated carbocycles. The van der Waals surface area contributed by atoms with E-state index in [1.165, 1.54) is 40.2 Å². The number of nitrogens with zero attached hydrogens (tertiary/aromatic N) is 6. The lowest BCUT2D eigenvalue weighted by Crippen LogP contribution is -2.52. The first kappa shape index (κ1) is 39.8. The van der Waals surface area contributed by atoms with Gasteiger partial charge in [0, 0.05) is 54.7 Å². The molecule has 2 fully saturated rings. The standard InChI is InChI=1S/C48H56N6O6/c1-29(2)36-26-37(43(56)27-42(36)55)44-50-51-45(57)54(44)34-8-12-41-30(24-34)15-19-52(41)20-22-60-23-21-53(46(58)59)33-13-16-47(3)32(25-33)7-9-35-39-11-10-38(31-6-5-18-49-28-31)48(39,4)17-14-40(35)47/h5-8,10,12,15,18-19,24,26-29,33,35,39-40,55-56H,9,11,13-14,16-17,20-23,25H2,1-4H3,(H,51,57)(H,58,59)/t33-,35?,39-,40?,47-,48+/m0/s1. The number of aromatic nitrogens is 5. The van der Waals surface area contributed by atoms with E-state index in [2.05, 4.69) is 51.8 Å². The summed E-state index contributed by atoms with van der Waals surface area (Å²) >= 11 is 0. The highest BCUT2D eigenvalue weighted by atomic mass is 16.5. The van der Waals surface area contributed by atoms with Gasteiger partial charge in [0.05, 0.1) is 24.5 Å². The van der Waals surface area contributed by atoms with E-state index in [1.807, 2.05) is 62.8 Å². The van der Waals surface area contributed by atoms with E-state index in [4.69, 9.17) is 4.74 Å². The summed E-state index contributed by atoms with van der Waals surface area (Å²) in [7, 11) is 0. The first-order valence-corrected chi connectivity index (χ1v) is 21.5. The zero-order valence-corrected chi connectivity index (χ0v) is 35.0. The van der Waals surface area contributed by atoms with Gasteiger partial charge in [0.15, 0.2) is 5.82 Å². The molecule has 3 aromatic heterocycles. The number of aromatic hydroxyl groups is 3. The van der Waals surface area contributed by atoms with Crippen LogP contribution in [0.5, 0.6) is 17.5 Å². The average molecular weight is 813 g/mol. The fourth-order valence-electron chi connectivity index (χ4n) is 11.8. The maximum absolute atomic E-state index is 12.7. The lowest BCUT2D eigenvalue weighted by molar-refractivity contribution is -0.0193. The summed E-state index contributed by atoms with van der Waals surface area (Å²) in [5.74, 6) is 1.96. The Hall–Kier alpha value is -5.62. The van der Waals surface area contributed by atoms with Crippen LogP contribution in [0.2, 0.25) is 0 Å². The predicted octanol–water partition coefficient (Wildman–Crippen LogP) is 9.55. The number of benzene rings is 2. The van der Waals surface area contributed by atoms with E-state index >= 15 is 0 Å². The number of carbonyl (C=O) groups is 1. The molecule has 2 unspecified atom stereocenters. The molecule has 0 saturated heterocycles. The van der Waals surface area contributed by atoms with Crippen molar-refractivity contribution in [2.45, 2.75) is 91.1 Å². The van der Waals surface area contributed by atoms with Gasteiger partial charge in [0.1, 0.15) is 11.5 Å². The number of phenolic OH excluding ortho intramolecular Hbond substituents is 2. The van der Waals surface area contributed by atoms with E-state index in [0.717, 1.165) is 43.0 Å². The van der Waals surface area contributed by atoms with Gasteiger partial charge in [-0.25, -0.2) is 9.36 Å². The second-order valence-electron chi connectivity index (χ2n) is 18.3. The van der Waals surface area contributed by atoms with Crippen LogP contribution in [0.3, 0.4) is 0 Å². The van der Waals surface area contributed by atoms with Crippen molar-refractivity contribution in [1.82, 2.24) is 29.2 Å². The minimum atomic E-state index is -0.884. The topological polar surface area (TPSA) is 159 Å². The van der Waals surface area contributed by atoms with Crippen LogP contribution in [-0.4, -0.2) is 81.5 Å². The summed E-state index contributed by atoms with van der Waals surface area (Å²) in [4.78, 5) is 18.7. The van der Waals surface area contributed by atoms with Gasteiger partial charge in [0.2, 0.25) is 0 Å². The van der Waals surface area contributed by atoms with Gasteiger partial charge in [0.25, 0.3) is 0 Å². The number of carboxylic acid groups (broad SMARTS) is 1. The lowest BCUT2D eigenvalue weighted by atomic mass is 9.47. The number of ether oxygens (including phenoxy) is 1. The highest BCUT2D eigenvalue weighted by Gasteiger charge is 2.57. The van der Waals surface area contributed by atoms with Crippen LogP contribution in [0.15, 0.2) is 84.8 Å². The summed E-state index contributed by atoms with van der Waals surface area (Å²) in [6.45, 7) is 10.5. The quantitative estimate of drug-likeness (QED) is 0.0753. The molecule has 9 rings (SSSR count). The number of amides is 1. The zero-order valence-electron chi connectivity index (χ0n) is 35.0. The Morgan fingerprint density at radius 2 is 1.78 bits per heavy atom. The Morgan fingerprint density at radius 3 is 2.57 bits per heavy atom. The van der Waals surface area contributed by atoms with Gasteiger partial charge in [-0.1, -0.05) is 56.6 Å². The van der Waals surface area contributed by atoms with Crippen LogP contribution in [0.1, 0.15) is 89.7 Å². The van der Waals surface area contributed by atoms with Crippen LogP contribution >= 0.6 is 0 Å². The molecule has 314 valence electrons. The Kier molecular flexibility index (Phi) is 10.3. The average Bonchev–Trinajstić information content (AvgIpc) is 3.93. The second-order valence-corrected chi connectivity index (χ2v) is 18.3. The highest BCUT2D eigenvalue weighted by molar-refractivity contribution is 5.83. The van der Waals surface area contributed by atoms with Gasteiger partial charge < -0.3 is 34.6 Å². The monoisotopic (exact) mass is 812 g/mol. The lowest BCUT2D eigenvalue weighted by Gasteiger charge is -2.58. The molecule has 1 amide bonds. The van der Waals surface area contributed by atoms with Gasteiger partial charge in [-0.2, -0.15) is 0 Å². The molecule has 0 spiro atoms. The van der Waals surface area contributed by atoms with Gasteiger partial charge in [-0.3, -0.25) is 4.98 Å². The molecule has 6 atom stereocenters. The van der Waals surface area contributed by atoms with Gasteiger partial charge >= 0.3 is 12.1 Å². The number of allylic oxidation sites excluding steroid dienone is 3. The smallest absolute Gasteiger partial charge is 0.407 e. The minimum absolute atomic E-state index is 0.00510. The molecule has 3 heterocycles. The Bertz CT molecular complexity index is 2490. The summed E-state index contributed by atoms with van der Waals surface area (Å²) in [5.41, 5.74) is 7.06. The van der Waals surface area contributed by atoms with Gasteiger partial charge in [-0.15, -0.1) is 5.10 Å². The van der Waals surface area contributed by atoms with Crippen molar-refractivity contribution in [3.8, 4) is 34.6 Å². The maximum Gasteiger partial charge on any atom is 0.407 e. The van der Waals surface area contributed by atoms with Crippen molar-refractivity contribution < 1.29 is 30.0 Å². The Labute approximate surface area is 350 Å². The number of hydrogen-bond acceptors (Lipinski definition) is 8. The molecular formula is C48H56N6O6. The summed E-state index contributed by atoms with van der Waals surface area (Å²) in [6.07, 6.45) is 17.2. The van der Waals surface area contributed by atoms with Crippen molar-refractivity contribution >= 4 is 22.6 Å². The van der Waals surface area contributed by atoms with Crippen LogP contribution in [-0.2, 0) is 11.3 Å². The fourth-order valence-corrected chi connectivity index (χ4v) is 11.8. The van der Waals surface area contributed by atoms with Crippen LogP contribution < -0.4 is 0 Å². The summed E-state index contributed by atoms with van der Waals surface area (Å²) in [5, 5.41) is 51.2. The molecule has 2 aromatic carbocycles. The van der Waals surface area contributed by atoms with Crippen LogP contribution in [0.4, 0.5) is 4.79 Å². The molecule has 0 bridgehead atoms. The predicted molar refractivity (Wildman–Crippen MR) is 230 cm³/mol. The minimum Gasteiger partial charge on any atom is -0.508 e. The van der Waals surface area contributed by atoms with E-state index < -0.39 is 6.09 Å². The van der Waals surface area contributed by atoms with Crippen molar-refractivity contribution in [3.63, 3.8) is 0 Å². The number of fused-ring (bicyclic) bond motifs is 6. The third-order valence-corrected chi connectivity index (χ3v) is 14.9. The molecular weight excluding hydrogens is 757 g/mol. The summed E-state index contributed by atoms with van der Waals surface area (Å²) in [6, 6.07) is 14.5. The Balaban J connectivity index is 0.815. The van der Waals surface area contributed by atoms with Crippen molar-refractivity contribution in [1.29, 1.82) is 0 Å². The number of hydrogen-bond donors (Lipinski definition) is 4. The first-order valence-electron chi connectivity index (χ1n) is 21.5. The van der Waals surface area contributed by atoms with E-state index in [0.29, 0.717) is 60.9 Å². The molecule has 4 N–H and O–H groups in total. The number of rotatable bonds is 11. The third kappa shape index (κ3) is 6.73. The molecule has 5 aromatic rings. The molecule has 4 aliphatic rings. The zero-order chi connectivity index (χ0) is 41.9. The number of pyridine rings is 1. The van der Waals surface area contributed by atoms with E-state index in [9.17, 15) is 25.2 Å². The van der Waals surface area contributed by atoms with E-state index in [-0.39, 0.29) is 46.1 Å². The fraction of sp³-hybridized carbons (Fsp3) is 0.458. The van der Waals surface area contributed by atoms with Crippen LogP contribution in [0.25, 0.3) is 33.6 Å². The largest absolute Gasteiger partial charge is 0.508 e. The normalized spacial score (nSPS) is 26.0. The SMILES string of the molecule is CC(C)c1cc(-c2nnc(O)n2-c2ccc3c(ccn3CCOCCN(C(=O)O)[C@H]3CC[C@@]4(C)C(=CCC5C4CC[C@]4(C)C(c6cccnc6)=CC[C@@H]54)C3)c2)c(O)cc1O. The first-order chi connectivity index (χ1) is 28.9. The molecule has 0 radical (unpaired) electrons.